The van der Waals surface area contributed by atoms with Gasteiger partial charge in [-0.2, -0.15) is 0 Å². The Labute approximate surface area is 129 Å². The molecule has 4 N–H and O–H groups in total. The van der Waals surface area contributed by atoms with Gasteiger partial charge in [0.15, 0.2) is 0 Å². The van der Waals surface area contributed by atoms with Crippen LogP contribution >= 0.6 is 11.3 Å². The number of carbonyl (C=O) groups excluding carboxylic acids is 1. The molecule has 1 fully saturated rings. The third-order valence-electron chi connectivity index (χ3n) is 3.91. The summed E-state index contributed by atoms with van der Waals surface area (Å²) in [5.41, 5.74) is 5.68. The second kappa shape index (κ2) is 6.87. The van der Waals surface area contributed by atoms with Gasteiger partial charge in [-0.05, 0) is 44.5 Å². The molecule has 1 saturated carbocycles. The van der Waals surface area contributed by atoms with Gasteiger partial charge < -0.3 is 11.1 Å². The lowest BCUT2D eigenvalue weighted by Crippen LogP contribution is -2.34. The highest BCUT2D eigenvalue weighted by molar-refractivity contribution is 7.91. The van der Waals surface area contributed by atoms with Crippen molar-refractivity contribution >= 4 is 27.3 Å². The van der Waals surface area contributed by atoms with Crippen molar-refractivity contribution in [3.63, 3.8) is 0 Å². The van der Waals surface area contributed by atoms with Gasteiger partial charge >= 0.3 is 0 Å². The number of amides is 1. The molecule has 21 heavy (non-hydrogen) atoms. The van der Waals surface area contributed by atoms with E-state index in [1.54, 1.807) is 12.1 Å². The third-order valence-corrected chi connectivity index (χ3v) is 6.90. The molecule has 1 aromatic heterocycles. The van der Waals surface area contributed by atoms with Crippen LogP contribution in [0.3, 0.4) is 0 Å². The number of hydrogen-bond donors (Lipinski definition) is 3. The van der Waals surface area contributed by atoms with Gasteiger partial charge in [0.05, 0.1) is 6.54 Å². The van der Waals surface area contributed by atoms with Crippen LogP contribution in [0.25, 0.3) is 0 Å². The number of nitrogens with two attached hydrogens (primary N) is 1. The molecular weight excluding hydrogens is 310 g/mol. The Morgan fingerprint density at radius 3 is 2.86 bits per heavy atom. The first-order valence-electron chi connectivity index (χ1n) is 6.98. The van der Waals surface area contributed by atoms with Crippen LogP contribution in [0.2, 0.25) is 0 Å². The minimum Gasteiger partial charge on any atom is -0.351 e. The molecule has 0 saturated heterocycles. The zero-order valence-corrected chi connectivity index (χ0v) is 13.6. The van der Waals surface area contributed by atoms with Crippen molar-refractivity contribution in [1.82, 2.24) is 10.0 Å². The predicted octanol–water partition coefficient (Wildman–Crippen LogP) is 0.647. The van der Waals surface area contributed by atoms with Gasteiger partial charge in [0.2, 0.25) is 15.9 Å². The van der Waals surface area contributed by atoms with E-state index in [4.69, 9.17) is 5.73 Å². The number of carbonyl (C=O) groups is 1. The standard InChI is InChI=1S/C13H21N3O3S2/c1-15-21(18,19)12-6-5-10(20-12)8-16-13(17)11-4-2-3-9(11)7-14/h5-6,9,11,15H,2-4,7-8,14H2,1H3,(H,16,17)/t9-,11-/m1/s1. The fourth-order valence-corrected chi connectivity index (χ4v) is 4.80. The quantitative estimate of drug-likeness (QED) is 0.712. The zero-order chi connectivity index (χ0) is 15.5. The second-order valence-corrected chi connectivity index (χ2v) is 8.46. The summed E-state index contributed by atoms with van der Waals surface area (Å²) in [7, 11) is -2.03. The molecule has 0 bridgehead atoms. The summed E-state index contributed by atoms with van der Waals surface area (Å²) in [6.45, 7) is 0.901. The van der Waals surface area contributed by atoms with Crippen LogP contribution in [-0.2, 0) is 21.4 Å². The number of thiophene rings is 1. The molecule has 1 amide bonds. The summed E-state index contributed by atoms with van der Waals surface area (Å²) < 4.78 is 25.8. The number of nitrogens with one attached hydrogen (secondary N) is 2. The molecule has 118 valence electrons. The summed E-state index contributed by atoms with van der Waals surface area (Å²) in [6, 6.07) is 3.28. The van der Waals surface area contributed by atoms with Gasteiger partial charge in [0, 0.05) is 10.8 Å². The molecule has 2 atom stereocenters. The lowest BCUT2D eigenvalue weighted by Gasteiger charge is -2.16. The molecule has 0 spiro atoms. The van der Waals surface area contributed by atoms with Gasteiger partial charge in [-0.25, -0.2) is 13.1 Å². The molecule has 0 aliphatic heterocycles. The van der Waals surface area contributed by atoms with Gasteiger partial charge in [-0.3, -0.25) is 4.79 Å². The molecule has 0 unspecified atom stereocenters. The minimum absolute atomic E-state index is 0.00419. The molecule has 1 heterocycles. The average Bonchev–Trinajstić information content (AvgIpc) is 3.13. The number of hydrogen-bond acceptors (Lipinski definition) is 5. The molecule has 1 aliphatic rings. The molecule has 1 aliphatic carbocycles. The maximum absolute atomic E-state index is 12.2. The van der Waals surface area contributed by atoms with Crippen molar-refractivity contribution in [2.24, 2.45) is 17.6 Å². The van der Waals surface area contributed by atoms with E-state index in [1.165, 1.54) is 18.4 Å². The van der Waals surface area contributed by atoms with E-state index >= 15 is 0 Å². The lowest BCUT2D eigenvalue weighted by molar-refractivity contribution is -0.126. The molecule has 2 rings (SSSR count). The highest BCUT2D eigenvalue weighted by Crippen LogP contribution is 2.31. The van der Waals surface area contributed by atoms with Crippen LogP contribution in [0.15, 0.2) is 16.3 Å². The molecular formula is C13H21N3O3S2. The first-order valence-corrected chi connectivity index (χ1v) is 9.28. The van der Waals surface area contributed by atoms with Crippen LogP contribution < -0.4 is 15.8 Å². The fourth-order valence-electron chi connectivity index (χ4n) is 2.67. The Kier molecular flexibility index (Phi) is 5.37. The summed E-state index contributed by atoms with van der Waals surface area (Å²) >= 11 is 1.17. The van der Waals surface area contributed by atoms with Crippen LogP contribution in [0.4, 0.5) is 0 Å². The average molecular weight is 331 g/mol. The Morgan fingerprint density at radius 2 is 2.19 bits per heavy atom. The van der Waals surface area contributed by atoms with Crippen molar-refractivity contribution in [2.75, 3.05) is 13.6 Å². The highest BCUT2D eigenvalue weighted by atomic mass is 32.2. The fraction of sp³-hybridized carbons (Fsp3) is 0.615. The summed E-state index contributed by atoms with van der Waals surface area (Å²) in [6.07, 6.45) is 2.94. The van der Waals surface area contributed by atoms with E-state index in [9.17, 15) is 13.2 Å². The molecule has 1 aromatic rings. The van der Waals surface area contributed by atoms with E-state index in [-0.39, 0.29) is 22.0 Å². The van der Waals surface area contributed by atoms with Crippen LogP contribution in [-0.4, -0.2) is 27.9 Å². The summed E-state index contributed by atoms with van der Waals surface area (Å²) in [5.74, 6) is 0.290. The monoisotopic (exact) mass is 331 g/mol. The van der Waals surface area contributed by atoms with Gasteiger partial charge in [0.1, 0.15) is 4.21 Å². The number of sulfonamides is 1. The SMILES string of the molecule is CNS(=O)(=O)c1ccc(CNC(=O)[C@@H]2CCC[C@@H]2CN)s1. The van der Waals surface area contributed by atoms with Crippen LogP contribution in [0.1, 0.15) is 24.1 Å². The maximum Gasteiger partial charge on any atom is 0.249 e. The first kappa shape index (κ1) is 16.4. The Morgan fingerprint density at radius 1 is 1.43 bits per heavy atom. The van der Waals surface area contributed by atoms with Crippen molar-refractivity contribution < 1.29 is 13.2 Å². The van der Waals surface area contributed by atoms with Crippen molar-refractivity contribution in [2.45, 2.75) is 30.0 Å². The third kappa shape index (κ3) is 3.82. The van der Waals surface area contributed by atoms with Crippen molar-refractivity contribution in [1.29, 1.82) is 0 Å². The van der Waals surface area contributed by atoms with E-state index in [0.29, 0.717) is 13.1 Å². The predicted molar refractivity (Wildman–Crippen MR) is 82.3 cm³/mol. The Hall–Kier alpha value is -0.960. The minimum atomic E-state index is -3.41. The van der Waals surface area contributed by atoms with Gasteiger partial charge in [-0.1, -0.05) is 6.42 Å². The smallest absolute Gasteiger partial charge is 0.249 e. The molecule has 0 radical (unpaired) electrons. The topological polar surface area (TPSA) is 101 Å². The van der Waals surface area contributed by atoms with E-state index in [0.717, 1.165) is 24.1 Å². The largest absolute Gasteiger partial charge is 0.351 e. The maximum atomic E-state index is 12.2. The zero-order valence-electron chi connectivity index (χ0n) is 12.0. The summed E-state index contributed by atoms with van der Waals surface area (Å²) in [5, 5.41) is 2.89. The normalized spacial score (nSPS) is 22.4. The number of rotatable bonds is 6. The molecule has 6 nitrogen and oxygen atoms in total. The Balaban J connectivity index is 1.93. The summed E-state index contributed by atoms with van der Waals surface area (Å²) in [4.78, 5) is 13.0. The second-order valence-electron chi connectivity index (χ2n) is 5.18. The van der Waals surface area contributed by atoms with E-state index < -0.39 is 10.0 Å². The molecule has 0 aromatic carbocycles. The highest BCUT2D eigenvalue weighted by Gasteiger charge is 2.31. The van der Waals surface area contributed by atoms with Crippen molar-refractivity contribution in [3.05, 3.63) is 17.0 Å². The van der Waals surface area contributed by atoms with Crippen LogP contribution in [0, 0.1) is 11.8 Å². The van der Waals surface area contributed by atoms with Crippen LogP contribution in [0.5, 0.6) is 0 Å². The molecule has 8 heteroatoms. The van der Waals surface area contributed by atoms with Gasteiger partial charge in [0.25, 0.3) is 0 Å². The van der Waals surface area contributed by atoms with E-state index in [2.05, 4.69) is 10.0 Å². The van der Waals surface area contributed by atoms with E-state index in [1.807, 2.05) is 0 Å². The van der Waals surface area contributed by atoms with Gasteiger partial charge in [-0.15, -0.1) is 11.3 Å². The lowest BCUT2D eigenvalue weighted by atomic mass is 9.95. The Bertz CT molecular complexity index is 598. The van der Waals surface area contributed by atoms with Crippen molar-refractivity contribution in [3.8, 4) is 0 Å². The first-order chi connectivity index (χ1) is 9.97.